The highest BCUT2D eigenvalue weighted by atomic mass is 14.0. The second kappa shape index (κ2) is 29.2. The number of rotatable bonds is 4. The van der Waals surface area contributed by atoms with Crippen molar-refractivity contribution in [3.05, 3.63) is 50.1 Å². The molecule has 0 rings (SSSR count). The molecular weight excluding hydrogens is 192 g/mol. The number of hydrogen-bond donors (Lipinski definition) is 0. The minimum atomic E-state index is 0.405. The molecule has 0 heterocycles. The van der Waals surface area contributed by atoms with E-state index in [-0.39, 0.29) is 0 Å². The van der Waals surface area contributed by atoms with Crippen molar-refractivity contribution in [1.29, 1.82) is 0 Å². The molecule has 0 amide bonds. The molecule has 0 bridgehead atoms. The summed E-state index contributed by atoms with van der Waals surface area (Å²) in [4.78, 5) is 0. The highest BCUT2D eigenvalue weighted by molar-refractivity contribution is 5.20. The molecule has 0 aliphatic heterocycles. The normalized spacial score (nSPS) is 9.38. The van der Waals surface area contributed by atoms with Gasteiger partial charge < -0.3 is 0 Å². The van der Waals surface area contributed by atoms with E-state index in [9.17, 15) is 0 Å². The second-order valence-electron chi connectivity index (χ2n) is 2.41. The fraction of sp³-hybridized carbons (Fsp3) is 0.500. The Morgan fingerprint density at radius 2 is 1.50 bits per heavy atom. The number of allylic oxidation sites excluding steroid dienone is 4. The second-order valence-corrected chi connectivity index (χ2v) is 2.41. The Morgan fingerprint density at radius 3 is 1.75 bits per heavy atom. The first-order chi connectivity index (χ1) is 7.72. The first kappa shape index (κ1) is 24.3. The van der Waals surface area contributed by atoms with Gasteiger partial charge in [0.25, 0.3) is 0 Å². The van der Waals surface area contributed by atoms with Gasteiger partial charge in [-0.05, 0) is 17.9 Å². The average molecular weight is 224 g/mol. The van der Waals surface area contributed by atoms with Crippen LogP contribution >= 0.6 is 0 Å². The lowest BCUT2D eigenvalue weighted by molar-refractivity contribution is 0.897. The molecule has 16 heavy (non-hydrogen) atoms. The molecule has 0 aromatic carbocycles. The molecule has 0 saturated carbocycles. The van der Waals surface area contributed by atoms with Gasteiger partial charge in [-0.1, -0.05) is 66.3 Å². The summed E-state index contributed by atoms with van der Waals surface area (Å²) in [6.07, 6.45) is 7.15. The van der Waals surface area contributed by atoms with Gasteiger partial charge in [0.05, 0.1) is 0 Å². The molecule has 1 atom stereocenters. The molecule has 0 radical (unpaired) electrons. The Hall–Kier alpha value is -1.04. The van der Waals surface area contributed by atoms with E-state index in [1.807, 2.05) is 33.8 Å². The topological polar surface area (TPSA) is 0 Å². The van der Waals surface area contributed by atoms with Crippen LogP contribution in [-0.4, -0.2) is 0 Å². The van der Waals surface area contributed by atoms with Gasteiger partial charge in [-0.3, -0.25) is 0 Å². The lowest BCUT2D eigenvalue weighted by atomic mass is 10.0. The Kier molecular flexibility index (Phi) is 44.3. The standard InChI is InChI=1S/C10H16.2C2H6.C2H4/c1-5-7-8-10(4)9(3)6-2;3*1-2/h6-9H,2,4-5H2,1,3H3;2*1-2H3;1-2H2/b8-7-;;;. The molecule has 0 N–H and O–H groups in total. The highest BCUT2D eigenvalue weighted by Crippen LogP contribution is 2.09. The maximum Gasteiger partial charge on any atom is -0.00191 e. The Morgan fingerprint density at radius 1 is 1.12 bits per heavy atom. The van der Waals surface area contributed by atoms with Gasteiger partial charge >= 0.3 is 0 Å². The van der Waals surface area contributed by atoms with Crippen LogP contribution in [0.25, 0.3) is 0 Å². The van der Waals surface area contributed by atoms with Crippen LogP contribution in [0, 0.1) is 5.92 Å². The first-order valence-corrected chi connectivity index (χ1v) is 6.20. The third kappa shape index (κ3) is 23.1. The van der Waals surface area contributed by atoms with Gasteiger partial charge in [0.2, 0.25) is 0 Å². The lowest BCUT2D eigenvalue weighted by Crippen LogP contribution is -1.88. The third-order valence-electron chi connectivity index (χ3n) is 1.51. The van der Waals surface area contributed by atoms with E-state index in [1.165, 1.54) is 0 Å². The van der Waals surface area contributed by atoms with Gasteiger partial charge in [0, 0.05) is 0 Å². The zero-order valence-corrected chi connectivity index (χ0v) is 12.3. The number of hydrogen-bond acceptors (Lipinski definition) is 0. The largest absolute Gasteiger partial charge is 0.106 e. The average Bonchev–Trinajstić information content (AvgIpc) is 2.41. The van der Waals surface area contributed by atoms with E-state index in [1.54, 1.807) is 0 Å². The van der Waals surface area contributed by atoms with E-state index >= 15 is 0 Å². The Bertz CT molecular complexity index is 151. The molecule has 1 unspecified atom stereocenters. The predicted molar refractivity (Wildman–Crippen MR) is 81.9 cm³/mol. The Labute approximate surface area is 104 Å². The highest BCUT2D eigenvalue weighted by Gasteiger charge is 1.95. The smallest absolute Gasteiger partial charge is 0.00191 e. The molecule has 0 spiro atoms. The molecule has 0 aromatic heterocycles. The molecule has 0 nitrogen and oxygen atoms in total. The molecule has 0 aliphatic carbocycles. The summed E-state index contributed by atoms with van der Waals surface area (Å²) in [5.74, 6) is 0.405. The van der Waals surface area contributed by atoms with Crippen LogP contribution in [0.4, 0.5) is 0 Å². The molecule has 96 valence electrons. The first-order valence-electron chi connectivity index (χ1n) is 6.20. The van der Waals surface area contributed by atoms with Crippen LogP contribution in [0.2, 0.25) is 0 Å². The van der Waals surface area contributed by atoms with E-state index in [0.29, 0.717) is 5.92 Å². The van der Waals surface area contributed by atoms with Gasteiger partial charge in [-0.15, -0.1) is 19.7 Å². The summed E-state index contributed by atoms with van der Waals surface area (Å²) in [6.45, 7) is 25.8. The van der Waals surface area contributed by atoms with Gasteiger partial charge in [-0.2, -0.15) is 0 Å². The SMILES string of the molecule is C=C.C=CC(C)C(=C)/C=C\CC.CC.CC. The predicted octanol–water partition coefficient (Wildman–Crippen LogP) is 6.19. The summed E-state index contributed by atoms with van der Waals surface area (Å²) >= 11 is 0. The summed E-state index contributed by atoms with van der Waals surface area (Å²) in [7, 11) is 0. The molecule has 0 aliphatic rings. The van der Waals surface area contributed by atoms with Crippen molar-refractivity contribution in [1.82, 2.24) is 0 Å². The summed E-state index contributed by atoms with van der Waals surface area (Å²) in [5.41, 5.74) is 1.14. The summed E-state index contributed by atoms with van der Waals surface area (Å²) < 4.78 is 0. The monoisotopic (exact) mass is 224 g/mol. The van der Waals surface area contributed by atoms with Crippen LogP contribution in [0.15, 0.2) is 50.1 Å². The molecule has 0 heteroatoms. The van der Waals surface area contributed by atoms with Crippen molar-refractivity contribution in [2.24, 2.45) is 5.92 Å². The zero-order valence-electron chi connectivity index (χ0n) is 12.3. The van der Waals surface area contributed by atoms with E-state index in [2.05, 4.69) is 52.3 Å². The van der Waals surface area contributed by atoms with Crippen LogP contribution in [0.1, 0.15) is 48.0 Å². The van der Waals surface area contributed by atoms with Crippen LogP contribution in [0.5, 0.6) is 0 Å². The molecular formula is C16H32. The quantitative estimate of drug-likeness (QED) is 0.395. The van der Waals surface area contributed by atoms with E-state index in [4.69, 9.17) is 0 Å². The summed E-state index contributed by atoms with van der Waals surface area (Å²) in [5, 5.41) is 0. The van der Waals surface area contributed by atoms with Crippen molar-refractivity contribution in [3.8, 4) is 0 Å². The van der Waals surface area contributed by atoms with Crippen molar-refractivity contribution < 1.29 is 0 Å². The van der Waals surface area contributed by atoms with Crippen LogP contribution in [0.3, 0.4) is 0 Å². The van der Waals surface area contributed by atoms with Crippen molar-refractivity contribution in [2.75, 3.05) is 0 Å². The lowest BCUT2D eigenvalue weighted by Gasteiger charge is -2.03. The van der Waals surface area contributed by atoms with Crippen LogP contribution in [-0.2, 0) is 0 Å². The van der Waals surface area contributed by atoms with Crippen molar-refractivity contribution in [2.45, 2.75) is 48.0 Å². The van der Waals surface area contributed by atoms with Crippen LogP contribution < -0.4 is 0 Å². The van der Waals surface area contributed by atoms with Crippen molar-refractivity contribution >= 4 is 0 Å². The van der Waals surface area contributed by atoms with Crippen molar-refractivity contribution in [3.63, 3.8) is 0 Å². The maximum absolute atomic E-state index is 3.90. The minimum Gasteiger partial charge on any atom is -0.106 e. The Balaban J connectivity index is -0.000000103. The minimum absolute atomic E-state index is 0.405. The van der Waals surface area contributed by atoms with Gasteiger partial charge in [0.1, 0.15) is 0 Å². The maximum atomic E-state index is 3.90. The fourth-order valence-corrected chi connectivity index (χ4v) is 0.572. The molecule has 0 saturated heterocycles. The zero-order chi connectivity index (χ0) is 14.0. The molecule has 0 fully saturated rings. The van der Waals surface area contributed by atoms with Gasteiger partial charge in [0.15, 0.2) is 0 Å². The van der Waals surface area contributed by atoms with Gasteiger partial charge in [-0.25, -0.2) is 0 Å². The van der Waals surface area contributed by atoms with E-state index in [0.717, 1.165) is 12.0 Å². The molecule has 0 aromatic rings. The fourth-order valence-electron chi connectivity index (χ4n) is 0.572. The third-order valence-corrected chi connectivity index (χ3v) is 1.51. The van der Waals surface area contributed by atoms with E-state index < -0.39 is 0 Å². The summed E-state index contributed by atoms with van der Waals surface area (Å²) in [6, 6.07) is 0.